The van der Waals surface area contributed by atoms with Gasteiger partial charge in [0.25, 0.3) is 5.91 Å². The Kier molecular flexibility index (Phi) is 7.72. The van der Waals surface area contributed by atoms with Gasteiger partial charge >= 0.3 is 0 Å². The van der Waals surface area contributed by atoms with Crippen LogP contribution >= 0.6 is 0 Å². The van der Waals surface area contributed by atoms with Crippen LogP contribution < -0.4 is 14.8 Å². The van der Waals surface area contributed by atoms with E-state index in [1.54, 1.807) is 19.9 Å². The summed E-state index contributed by atoms with van der Waals surface area (Å²) in [5, 5.41) is 2.76. The van der Waals surface area contributed by atoms with Crippen molar-refractivity contribution in [3.63, 3.8) is 0 Å². The molecule has 0 aromatic heterocycles. The highest BCUT2D eigenvalue weighted by Gasteiger charge is 2.19. The van der Waals surface area contributed by atoms with Crippen molar-refractivity contribution in [3.05, 3.63) is 59.4 Å². The third-order valence-electron chi connectivity index (χ3n) is 4.22. The maximum atomic E-state index is 13.9. The lowest BCUT2D eigenvalue weighted by molar-refractivity contribution is 0.0939. The third-order valence-corrected chi connectivity index (χ3v) is 5.83. The molecule has 2 aromatic carbocycles. The number of ether oxygens (including phenoxy) is 2. The summed E-state index contributed by atoms with van der Waals surface area (Å²) in [5.41, 5.74) is 0.863. The molecular formula is C20H25FN2O5S. The number of carbonyl (C=O) groups excluding carboxylic acids is 1. The molecule has 2 rings (SSSR count). The van der Waals surface area contributed by atoms with E-state index in [2.05, 4.69) is 10.0 Å². The van der Waals surface area contributed by atoms with Crippen molar-refractivity contribution in [1.29, 1.82) is 0 Å². The number of halogens is 1. The SMILES string of the molecule is COC[C@@H](C)NS(=O)(=O)c1ccc(C(=O)N[C@@H](C)c2ccc(OC)c(F)c2)cc1. The van der Waals surface area contributed by atoms with Crippen molar-refractivity contribution in [2.24, 2.45) is 0 Å². The lowest BCUT2D eigenvalue weighted by Crippen LogP contribution is -2.35. The summed E-state index contributed by atoms with van der Waals surface area (Å²) >= 11 is 0. The third kappa shape index (κ3) is 5.99. The van der Waals surface area contributed by atoms with Gasteiger partial charge in [-0.3, -0.25) is 4.79 Å². The monoisotopic (exact) mass is 424 g/mol. The number of nitrogens with one attached hydrogen (secondary N) is 2. The zero-order valence-electron chi connectivity index (χ0n) is 16.7. The van der Waals surface area contributed by atoms with Crippen LogP contribution in [-0.4, -0.2) is 41.2 Å². The number of hydrogen-bond acceptors (Lipinski definition) is 5. The minimum absolute atomic E-state index is 0.0438. The van der Waals surface area contributed by atoms with E-state index in [0.717, 1.165) is 0 Å². The van der Waals surface area contributed by atoms with Crippen LogP contribution in [0.2, 0.25) is 0 Å². The van der Waals surface area contributed by atoms with Gasteiger partial charge in [-0.2, -0.15) is 0 Å². The number of carbonyl (C=O) groups is 1. The number of hydrogen-bond donors (Lipinski definition) is 2. The zero-order valence-corrected chi connectivity index (χ0v) is 17.5. The first-order valence-corrected chi connectivity index (χ1v) is 10.4. The molecule has 0 aliphatic heterocycles. The molecular weight excluding hydrogens is 399 g/mol. The molecule has 29 heavy (non-hydrogen) atoms. The van der Waals surface area contributed by atoms with Crippen LogP contribution in [0.3, 0.4) is 0 Å². The summed E-state index contributed by atoms with van der Waals surface area (Å²) in [6, 6.07) is 9.16. The van der Waals surface area contributed by atoms with Crippen molar-refractivity contribution in [2.45, 2.75) is 30.8 Å². The lowest BCUT2D eigenvalue weighted by Gasteiger charge is -2.16. The van der Waals surface area contributed by atoms with E-state index in [4.69, 9.17) is 9.47 Å². The molecule has 0 bridgehead atoms. The molecule has 2 atom stereocenters. The van der Waals surface area contributed by atoms with Gasteiger partial charge in [0.2, 0.25) is 10.0 Å². The summed E-state index contributed by atoms with van der Waals surface area (Å²) in [7, 11) is -0.855. The molecule has 2 aromatic rings. The van der Waals surface area contributed by atoms with Crippen LogP contribution in [0, 0.1) is 5.82 Å². The van der Waals surface area contributed by atoms with Gasteiger partial charge in [0.15, 0.2) is 11.6 Å². The Morgan fingerprint density at radius 1 is 1.10 bits per heavy atom. The van der Waals surface area contributed by atoms with Crippen molar-refractivity contribution in [2.75, 3.05) is 20.8 Å². The summed E-state index contributed by atoms with van der Waals surface area (Å²) in [5.74, 6) is -0.799. The van der Waals surface area contributed by atoms with Gasteiger partial charge in [-0.15, -0.1) is 0 Å². The molecule has 0 radical (unpaired) electrons. The molecule has 0 unspecified atom stereocenters. The number of sulfonamides is 1. The Hall–Kier alpha value is -2.49. The van der Waals surface area contributed by atoms with E-state index in [1.807, 2.05) is 0 Å². The second-order valence-electron chi connectivity index (χ2n) is 6.59. The molecule has 2 N–H and O–H groups in total. The minimum Gasteiger partial charge on any atom is -0.494 e. The highest BCUT2D eigenvalue weighted by Crippen LogP contribution is 2.22. The van der Waals surface area contributed by atoms with E-state index in [0.29, 0.717) is 5.56 Å². The second kappa shape index (κ2) is 9.82. The second-order valence-corrected chi connectivity index (χ2v) is 8.31. The molecule has 0 saturated heterocycles. The topological polar surface area (TPSA) is 93.7 Å². The Morgan fingerprint density at radius 3 is 2.31 bits per heavy atom. The van der Waals surface area contributed by atoms with Crippen molar-refractivity contribution >= 4 is 15.9 Å². The average Bonchev–Trinajstić information content (AvgIpc) is 2.67. The molecule has 1 amide bonds. The number of benzene rings is 2. The van der Waals surface area contributed by atoms with Gasteiger partial charge in [0.1, 0.15) is 0 Å². The summed E-state index contributed by atoms with van der Waals surface area (Å²) in [4.78, 5) is 12.5. The molecule has 7 nitrogen and oxygen atoms in total. The van der Waals surface area contributed by atoms with E-state index in [1.165, 1.54) is 50.6 Å². The Balaban J connectivity index is 2.07. The summed E-state index contributed by atoms with van der Waals surface area (Å²) in [6.07, 6.45) is 0. The molecule has 158 valence electrons. The first-order chi connectivity index (χ1) is 13.7. The highest BCUT2D eigenvalue weighted by molar-refractivity contribution is 7.89. The maximum absolute atomic E-state index is 13.9. The van der Waals surface area contributed by atoms with Crippen LogP contribution in [0.5, 0.6) is 5.75 Å². The maximum Gasteiger partial charge on any atom is 0.251 e. The molecule has 0 spiro atoms. The van der Waals surface area contributed by atoms with Crippen molar-refractivity contribution in [1.82, 2.24) is 10.0 Å². The number of methoxy groups -OCH3 is 2. The van der Waals surface area contributed by atoms with Crippen molar-refractivity contribution < 1.29 is 27.1 Å². The summed E-state index contributed by atoms with van der Waals surface area (Å²) < 4.78 is 50.8. The minimum atomic E-state index is -3.72. The molecule has 0 aliphatic carbocycles. The lowest BCUT2D eigenvalue weighted by atomic mass is 10.1. The quantitative estimate of drug-likeness (QED) is 0.646. The fraction of sp³-hybridized carbons (Fsp3) is 0.350. The van der Waals surface area contributed by atoms with Gasteiger partial charge in [0.05, 0.1) is 24.7 Å². The van der Waals surface area contributed by atoms with Gasteiger partial charge in [-0.25, -0.2) is 17.5 Å². The van der Waals surface area contributed by atoms with Crippen LogP contribution in [0.4, 0.5) is 4.39 Å². The molecule has 9 heteroatoms. The number of amides is 1. The van der Waals surface area contributed by atoms with Gasteiger partial charge < -0.3 is 14.8 Å². The highest BCUT2D eigenvalue weighted by atomic mass is 32.2. The van der Waals surface area contributed by atoms with E-state index in [-0.39, 0.29) is 22.8 Å². The standard InChI is InChI=1S/C20H25FN2O5S/c1-13(12-27-3)23-29(25,26)17-8-5-15(6-9-17)20(24)22-14(2)16-7-10-19(28-4)18(21)11-16/h5-11,13-14,23H,12H2,1-4H3,(H,22,24)/t13-,14+/m1/s1. The van der Waals surface area contributed by atoms with Crippen LogP contribution in [-0.2, 0) is 14.8 Å². The Bertz CT molecular complexity index is 948. The van der Waals surface area contributed by atoms with Crippen LogP contribution in [0.25, 0.3) is 0 Å². The molecule has 0 aliphatic rings. The van der Waals surface area contributed by atoms with Gasteiger partial charge in [-0.1, -0.05) is 6.07 Å². The summed E-state index contributed by atoms with van der Waals surface area (Å²) in [6.45, 7) is 3.65. The molecule has 0 saturated carbocycles. The largest absolute Gasteiger partial charge is 0.494 e. The zero-order chi connectivity index (χ0) is 21.6. The van der Waals surface area contributed by atoms with E-state index >= 15 is 0 Å². The number of rotatable bonds is 9. The molecule has 0 heterocycles. The van der Waals surface area contributed by atoms with Gasteiger partial charge in [0, 0.05) is 18.7 Å². The predicted molar refractivity (Wildman–Crippen MR) is 107 cm³/mol. The van der Waals surface area contributed by atoms with Gasteiger partial charge in [-0.05, 0) is 55.8 Å². The van der Waals surface area contributed by atoms with Crippen LogP contribution in [0.15, 0.2) is 47.4 Å². The fourth-order valence-electron chi connectivity index (χ4n) is 2.72. The van der Waals surface area contributed by atoms with Crippen molar-refractivity contribution in [3.8, 4) is 5.75 Å². The Labute approximate surface area is 170 Å². The fourth-order valence-corrected chi connectivity index (χ4v) is 3.95. The predicted octanol–water partition coefficient (Wildman–Crippen LogP) is 2.64. The molecule has 0 fully saturated rings. The smallest absolute Gasteiger partial charge is 0.251 e. The van der Waals surface area contributed by atoms with E-state index < -0.39 is 33.8 Å². The first kappa shape index (κ1) is 22.8. The van der Waals surface area contributed by atoms with E-state index in [9.17, 15) is 17.6 Å². The van der Waals surface area contributed by atoms with Crippen LogP contribution in [0.1, 0.15) is 35.8 Å². The normalized spacial score (nSPS) is 13.6. The average molecular weight is 424 g/mol. The first-order valence-electron chi connectivity index (χ1n) is 8.93. The Morgan fingerprint density at radius 2 is 1.76 bits per heavy atom.